The molecule has 0 saturated carbocycles. The van der Waals surface area contributed by atoms with Crippen molar-refractivity contribution in [2.75, 3.05) is 34.8 Å². The van der Waals surface area contributed by atoms with Crippen molar-refractivity contribution < 1.29 is 4.79 Å². The maximum atomic E-state index is 12.7. The van der Waals surface area contributed by atoms with Crippen LogP contribution in [0.3, 0.4) is 0 Å². The molecule has 2 heterocycles. The summed E-state index contributed by atoms with van der Waals surface area (Å²) in [5.74, 6) is 0.878. The Bertz CT molecular complexity index is 732. The Kier molecular flexibility index (Phi) is 6.27. The van der Waals surface area contributed by atoms with Gasteiger partial charge in [0.2, 0.25) is 5.91 Å². The molecule has 1 N–H and O–H groups in total. The first-order valence-corrected chi connectivity index (χ1v) is 9.77. The normalized spacial score (nSPS) is 17.0. The highest BCUT2D eigenvalue weighted by Crippen LogP contribution is 2.24. The molecule has 144 valence electrons. The fraction of sp³-hybridized carbons (Fsp3) is 0.476. The summed E-state index contributed by atoms with van der Waals surface area (Å²) in [7, 11) is 0. The lowest BCUT2D eigenvalue weighted by Gasteiger charge is -2.32. The molecule has 1 aromatic carbocycles. The van der Waals surface area contributed by atoms with Crippen LogP contribution in [0.25, 0.3) is 0 Å². The van der Waals surface area contributed by atoms with Crippen molar-refractivity contribution in [3.63, 3.8) is 0 Å². The first-order valence-electron chi connectivity index (χ1n) is 9.77. The van der Waals surface area contributed by atoms with E-state index in [1.807, 2.05) is 12.1 Å². The number of anilines is 3. The molecule has 27 heavy (non-hydrogen) atoms. The van der Waals surface area contributed by atoms with Crippen molar-refractivity contribution in [3.8, 4) is 0 Å². The Morgan fingerprint density at radius 3 is 2.70 bits per heavy atom. The summed E-state index contributed by atoms with van der Waals surface area (Å²) in [5.41, 5.74) is 2.03. The molecule has 0 bridgehead atoms. The predicted octanol–water partition coefficient (Wildman–Crippen LogP) is 3.57. The fourth-order valence-electron chi connectivity index (χ4n) is 3.68. The maximum Gasteiger partial charge on any atom is 0.229 e. The van der Waals surface area contributed by atoms with Gasteiger partial charge in [-0.25, -0.2) is 4.98 Å². The number of amides is 1. The minimum atomic E-state index is -0.0387. The van der Waals surface area contributed by atoms with Crippen LogP contribution in [0.1, 0.15) is 33.6 Å². The van der Waals surface area contributed by atoms with Gasteiger partial charge in [0, 0.05) is 49.4 Å². The lowest BCUT2D eigenvalue weighted by atomic mass is 9.97. The zero-order valence-electron chi connectivity index (χ0n) is 16.4. The zero-order valence-corrected chi connectivity index (χ0v) is 16.4. The highest BCUT2D eigenvalue weighted by Gasteiger charge is 2.26. The third kappa shape index (κ3) is 4.76. The first-order chi connectivity index (χ1) is 13.1. The van der Waals surface area contributed by atoms with E-state index in [9.17, 15) is 4.79 Å². The molecule has 0 unspecified atom stereocenters. The van der Waals surface area contributed by atoms with E-state index < -0.39 is 0 Å². The van der Waals surface area contributed by atoms with E-state index in [1.165, 1.54) is 5.69 Å². The smallest absolute Gasteiger partial charge is 0.229 e. The van der Waals surface area contributed by atoms with E-state index in [1.54, 1.807) is 18.6 Å². The van der Waals surface area contributed by atoms with Crippen LogP contribution in [0.2, 0.25) is 0 Å². The van der Waals surface area contributed by atoms with Gasteiger partial charge in [-0.1, -0.05) is 0 Å². The van der Waals surface area contributed by atoms with Crippen molar-refractivity contribution in [2.45, 2.75) is 39.7 Å². The second kappa shape index (κ2) is 8.84. The molecule has 1 saturated heterocycles. The summed E-state index contributed by atoms with van der Waals surface area (Å²) in [6.07, 6.45) is 7.00. The molecule has 3 rings (SSSR count). The molecule has 2 aromatic rings. The van der Waals surface area contributed by atoms with Gasteiger partial charge in [-0.15, -0.1) is 0 Å². The van der Waals surface area contributed by atoms with Crippen LogP contribution in [0.4, 0.5) is 17.2 Å². The van der Waals surface area contributed by atoms with Crippen LogP contribution >= 0.6 is 0 Å². The van der Waals surface area contributed by atoms with Gasteiger partial charge in [-0.3, -0.25) is 9.78 Å². The molecule has 0 aliphatic carbocycles. The van der Waals surface area contributed by atoms with Crippen molar-refractivity contribution in [3.05, 3.63) is 42.9 Å². The summed E-state index contributed by atoms with van der Waals surface area (Å²) in [5, 5.41) is 3.08. The van der Waals surface area contributed by atoms with Gasteiger partial charge >= 0.3 is 0 Å². The number of rotatable bonds is 6. The van der Waals surface area contributed by atoms with Crippen LogP contribution in [-0.2, 0) is 4.79 Å². The molecule has 0 spiro atoms. The first kappa shape index (κ1) is 19.1. The SMILES string of the molecule is CCN(c1ccc(NC(=O)[C@H]2CCCN(c3cnccn3)C2)cc1)C(C)C. The summed E-state index contributed by atoms with van der Waals surface area (Å²) >= 11 is 0. The quantitative estimate of drug-likeness (QED) is 0.846. The Balaban J connectivity index is 1.61. The number of carbonyl (C=O) groups excluding carboxylic acids is 1. The number of carbonyl (C=O) groups is 1. The van der Waals surface area contributed by atoms with Crippen LogP contribution in [0.15, 0.2) is 42.9 Å². The van der Waals surface area contributed by atoms with Crippen molar-refractivity contribution in [1.29, 1.82) is 0 Å². The molecule has 6 heteroatoms. The predicted molar refractivity (Wildman–Crippen MR) is 110 cm³/mol. The van der Waals surface area contributed by atoms with E-state index in [4.69, 9.17) is 0 Å². The molecule has 1 aliphatic heterocycles. The molecular formula is C21H29N5O. The molecule has 1 aliphatic rings. The standard InChI is InChI=1S/C21H29N5O/c1-4-26(16(2)3)19-9-7-18(8-10-19)24-21(27)17-6-5-13-25(15-17)20-14-22-11-12-23-20/h7-12,14,16-17H,4-6,13,15H2,1-3H3,(H,24,27)/t17-/m0/s1. The Hall–Kier alpha value is -2.63. The molecule has 1 atom stereocenters. The largest absolute Gasteiger partial charge is 0.369 e. The second-order valence-corrected chi connectivity index (χ2v) is 7.26. The third-order valence-electron chi connectivity index (χ3n) is 5.10. The summed E-state index contributed by atoms with van der Waals surface area (Å²) in [4.78, 5) is 25.7. The minimum absolute atomic E-state index is 0.0387. The van der Waals surface area contributed by atoms with E-state index in [-0.39, 0.29) is 11.8 Å². The van der Waals surface area contributed by atoms with Gasteiger partial charge in [-0.05, 0) is 57.9 Å². The van der Waals surface area contributed by atoms with Gasteiger partial charge in [0.25, 0.3) is 0 Å². The average Bonchev–Trinajstić information content (AvgIpc) is 2.70. The average molecular weight is 367 g/mol. The molecule has 6 nitrogen and oxygen atoms in total. The van der Waals surface area contributed by atoms with Gasteiger partial charge in [0.05, 0.1) is 12.1 Å². The molecule has 0 radical (unpaired) electrons. The third-order valence-corrected chi connectivity index (χ3v) is 5.10. The van der Waals surface area contributed by atoms with Crippen molar-refractivity contribution in [2.24, 2.45) is 5.92 Å². The topological polar surface area (TPSA) is 61.4 Å². The van der Waals surface area contributed by atoms with Crippen LogP contribution < -0.4 is 15.1 Å². The maximum absolute atomic E-state index is 12.7. The van der Waals surface area contributed by atoms with Crippen molar-refractivity contribution in [1.82, 2.24) is 9.97 Å². The summed E-state index contributed by atoms with van der Waals surface area (Å²) in [6.45, 7) is 9.08. The van der Waals surface area contributed by atoms with Crippen LogP contribution in [-0.4, -0.2) is 41.6 Å². The van der Waals surface area contributed by atoms with E-state index in [2.05, 4.69) is 58.0 Å². The fourth-order valence-corrected chi connectivity index (χ4v) is 3.68. The zero-order chi connectivity index (χ0) is 19.2. The number of benzene rings is 1. The van der Waals surface area contributed by atoms with Gasteiger partial charge in [0.1, 0.15) is 5.82 Å². The number of piperidine rings is 1. The molecular weight excluding hydrogens is 338 g/mol. The number of hydrogen-bond donors (Lipinski definition) is 1. The number of nitrogens with zero attached hydrogens (tertiary/aromatic N) is 4. The second-order valence-electron chi connectivity index (χ2n) is 7.26. The lowest BCUT2D eigenvalue weighted by Crippen LogP contribution is -2.41. The molecule has 1 amide bonds. The highest BCUT2D eigenvalue weighted by molar-refractivity contribution is 5.93. The lowest BCUT2D eigenvalue weighted by molar-refractivity contribution is -0.120. The number of nitrogens with one attached hydrogen (secondary N) is 1. The number of aromatic nitrogens is 2. The van der Waals surface area contributed by atoms with Gasteiger partial charge in [-0.2, -0.15) is 0 Å². The molecule has 1 aromatic heterocycles. The molecule has 1 fully saturated rings. The van der Waals surface area contributed by atoms with Crippen molar-refractivity contribution >= 4 is 23.1 Å². The monoisotopic (exact) mass is 367 g/mol. The van der Waals surface area contributed by atoms with E-state index in [0.29, 0.717) is 12.6 Å². The van der Waals surface area contributed by atoms with E-state index in [0.717, 1.165) is 37.4 Å². The van der Waals surface area contributed by atoms with E-state index >= 15 is 0 Å². The number of hydrogen-bond acceptors (Lipinski definition) is 5. The van der Waals surface area contributed by atoms with Crippen LogP contribution in [0, 0.1) is 5.92 Å². The van der Waals surface area contributed by atoms with Gasteiger partial charge in [0.15, 0.2) is 0 Å². The Labute approximate surface area is 161 Å². The Morgan fingerprint density at radius 2 is 2.07 bits per heavy atom. The van der Waals surface area contributed by atoms with Crippen LogP contribution in [0.5, 0.6) is 0 Å². The Morgan fingerprint density at radius 1 is 1.30 bits per heavy atom. The summed E-state index contributed by atoms with van der Waals surface area (Å²) in [6, 6.07) is 8.57. The van der Waals surface area contributed by atoms with Gasteiger partial charge < -0.3 is 15.1 Å². The summed E-state index contributed by atoms with van der Waals surface area (Å²) < 4.78 is 0. The highest BCUT2D eigenvalue weighted by atomic mass is 16.1. The minimum Gasteiger partial charge on any atom is -0.369 e.